The van der Waals surface area contributed by atoms with Crippen molar-refractivity contribution in [3.63, 3.8) is 0 Å². The third-order valence-electron chi connectivity index (χ3n) is 4.95. The van der Waals surface area contributed by atoms with Gasteiger partial charge in [-0.25, -0.2) is 0 Å². The highest BCUT2D eigenvalue weighted by molar-refractivity contribution is 5.81. The van der Waals surface area contributed by atoms with Crippen molar-refractivity contribution >= 4 is 11.8 Å². The van der Waals surface area contributed by atoms with Crippen molar-refractivity contribution in [1.29, 1.82) is 0 Å². The lowest BCUT2D eigenvalue weighted by Crippen LogP contribution is -2.58. The van der Waals surface area contributed by atoms with E-state index in [9.17, 15) is 9.59 Å². The van der Waals surface area contributed by atoms with E-state index in [2.05, 4.69) is 37.5 Å². The molecule has 0 bridgehead atoms. The van der Waals surface area contributed by atoms with Gasteiger partial charge in [0.2, 0.25) is 0 Å². The molecule has 0 amide bonds. The van der Waals surface area contributed by atoms with Gasteiger partial charge in [-0.3, -0.25) is 19.4 Å². The second kappa shape index (κ2) is 10.1. The van der Waals surface area contributed by atoms with E-state index < -0.39 is 6.61 Å². The highest BCUT2D eigenvalue weighted by Crippen LogP contribution is 2.29. The first-order valence-corrected chi connectivity index (χ1v) is 9.02. The van der Waals surface area contributed by atoms with Crippen LogP contribution < -0.4 is 0 Å². The molecular formula is C18H34N2O4. The average molecular weight is 342 g/mol. The molecule has 2 atom stereocenters. The van der Waals surface area contributed by atoms with Crippen molar-refractivity contribution in [2.24, 2.45) is 0 Å². The molecule has 24 heavy (non-hydrogen) atoms. The van der Waals surface area contributed by atoms with Crippen LogP contribution in [-0.2, 0) is 14.3 Å². The zero-order valence-corrected chi connectivity index (χ0v) is 15.8. The molecule has 1 fully saturated rings. The summed E-state index contributed by atoms with van der Waals surface area (Å²) in [5, 5.41) is 9.13. The van der Waals surface area contributed by atoms with Gasteiger partial charge in [-0.05, 0) is 40.5 Å². The van der Waals surface area contributed by atoms with Gasteiger partial charge >= 0.3 is 5.97 Å². The molecule has 6 heteroatoms. The van der Waals surface area contributed by atoms with E-state index >= 15 is 0 Å². The Hall–Kier alpha value is -0.980. The van der Waals surface area contributed by atoms with Gasteiger partial charge < -0.3 is 9.84 Å². The lowest BCUT2D eigenvalue weighted by atomic mass is 9.86. The molecule has 0 spiro atoms. The van der Waals surface area contributed by atoms with Crippen LogP contribution in [0.1, 0.15) is 53.4 Å². The van der Waals surface area contributed by atoms with Crippen molar-refractivity contribution in [2.45, 2.75) is 77.5 Å². The monoisotopic (exact) mass is 342 g/mol. The van der Waals surface area contributed by atoms with Gasteiger partial charge in [-0.1, -0.05) is 12.8 Å². The van der Waals surface area contributed by atoms with E-state index in [4.69, 9.17) is 9.84 Å². The quantitative estimate of drug-likeness (QED) is 0.640. The van der Waals surface area contributed by atoms with Crippen LogP contribution in [0.3, 0.4) is 0 Å². The molecule has 0 aromatic heterocycles. The van der Waals surface area contributed by atoms with E-state index in [-0.39, 0.29) is 49.0 Å². The van der Waals surface area contributed by atoms with Crippen LogP contribution in [0.4, 0.5) is 0 Å². The molecule has 1 saturated carbocycles. The Kier molecular flexibility index (Phi) is 8.87. The normalized spacial score (nSPS) is 21.8. The molecule has 1 N–H and O–H groups in total. The number of hydrogen-bond donors (Lipinski definition) is 1. The van der Waals surface area contributed by atoms with Crippen LogP contribution in [0.2, 0.25) is 0 Å². The zero-order valence-electron chi connectivity index (χ0n) is 15.8. The molecule has 1 rings (SSSR count). The smallest absolute Gasteiger partial charge is 0.319 e. The van der Waals surface area contributed by atoms with Gasteiger partial charge in [0.25, 0.3) is 0 Å². The van der Waals surface area contributed by atoms with Crippen molar-refractivity contribution < 1.29 is 19.4 Å². The number of Topliss-reactive ketones (excluding diaryl/α,β-unsaturated/α-hetero) is 1. The standard InChI is InChI=1S/C18H34N2O4/c1-13(2)19(10-15(22)12-21)16-8-6-7-9-17(16)20(14(3)4)11-18(23)24-5/h13-14,16-17,21H,6-12H2,1-5H3. The predicted octanol–water partition coefficient (Wildman–Crippen LogP) is 1.45. The fourth-order valence-corrected chi connectivity index (χ4v) is 3.70. The Morgan fingerprint density at radius 1 is 1.00 bits per heavy atom. The minimum atomic E-state index is -0.420. The topological polar surface area (TPSA) is 70.1 Å². The molecule has 140 valence electrons. The Labute approximate surface area is 146 Å². The fourth-order valence-electron chi connectivity index (χ4n) is 3.70. The Bertz CT molecular complexity index is 374. The molecule has 0 aliphatic heterocycles. The number of ketones is 1. The number of carbonyl (C=O) groups is 2. The second-order valence-corrected chi connectivity index (χ2v) is 7.22. The summed E-state index contributed by atoms with van der Waals surface area (Å²) >= 11 is 0. The Morgan fingerprint density at radius 3 is 1.83 bits per heavy atom. The number of methoxy groups -OCH3 is 1. The predicted molar refractivity (Wildman–Crippen MR) is 93.8 cm³/mol. The van der Waals surface area contributed by atoms with E-state index in [1.165, 1.54) is 7.11 Å². The minimum Gasteiger partial charge on any atom is -0.468 e. The number of hydrogen-bond acceptors (Lipinski definition) is 6. The number of carbonyl (C=O) groups excluding carboxylic acids is 2. The van der Waals surface area contributed by atoms with Gasteiger partial charge in [-0.2, -0.15) is 0 Å². The largest absolute Gasteiger partial charge is 0.468 e. The molecule has 2 unspecified atom stereocenters. The van der Waals surface area contributed by atoms with Gasteiger partial charge in [0.15, 0.2) is 5.78 Å². The number of ether oxygens (including phenoxy) is 1. The first-order chi connectivity index (χ1) is 11.3. The van der Waals surface area contributed by atoms with E-state index in [1.807, 2.05) is 0 Å². The maximum Gasteiger partial charge on any atom is 0.319 e. The maximum absolute atomic E-state index is 11.8. The molecule has 0 radical (unpaired) electrons. The summed E-state index contributed by atoms with van der Waals surface area (Å²) in [5.74, 6) is -0.382. The van der Waals surface area contributed by atoms with Crippen molar-refractivity contribution in [3.05, 3.63) is 0 Å². The third-order valence-corrected chi connectivity index (χ3v) is 4.95. The Balaban J connectivity index is 3.01. The van der Waals surface area contributed by atoms with Crippen LogP contribution >= 0.6 is 0 Å². The van der Waals surface area contributed by atoms with Crippen molar-refractivity contribution in [3.8, 4) is 0 Å². The molecule has 1 aliphatic rings. The van der Waals surface area contributed by atoms with Crippen molar-refractivity contribution in [1.82, 2.24) is 9.80 Å². The van der Waals surface area contributed by atoms with Crippen LogP contribution in [0.25, 0.3) is 0 Å². The number of nitrogens with zero attached hydrogens (tertiary/aromatic N) is 2. The van der Waals surface area contributed by atoms with Crippen LogP contribution in [0, 0.1) is 0 Å². The molecule has 0 aromatic rings. The molecule has 0 aromatic carbocycles. The molecule has 1 aliphatic carbocycles. The number of aliphatic hydroxyl groups excluding tert-OH is 1. The first-order valence-electron chi connectivity index (χ1n) is 9.02. The summed E-state index contributed by atoms with van der Waals surface area (Å²) < 4.78 is 4.87. The van der Waals surface area contributed by atoms with E-state index in [1.54, 1.807) is 0 Å². The molecule has 6 nitrogen and oxygen atoms in total. The summed E-state index contributed by atoms with van der Waals surface area (Å²) in [4.78, 5) is 28.1. The summed E-state index contributed by atoms with van der Waals surface area (Å²) in [6, 6.07) is 0.851. The summed E-state index contributed by atoms with van der Waals surface area (Å²) in [5.41, 5.74) is 0. The number of rotatable bonds is 9. The van der Waals surface area contributed by atoms with Crippen molar-refractivity contribution in [2.75, 3.05) is 26.8 Å². The molecule has 0 heterocycles. The second-order valence-electron chi connectivity index (χ2n) is 7.22. The SMILES string of the molecule is COC(=O)CN(C(C)C)C1CCCCC1N(CC(=O)CO)C(C)C. The lowest BCUT2D eigenvalue weighted by Gasteiger charge is -2.47. The fraction of sp³-hybridized carbons (Fsp3) is 0.889. The summed E-state index contributed by atoms with van der Waals surface area (Å²) in [7, 11) is 1.42. The van der Waals surface area contributed by atoms with Gasteiger partial charge in [0, 0.05) is 24.2 Å². The first kappa shape index (κ1) is 21.1. The zero-order chi connectivity index (χ0) is 18.3. The highest BCUT2D eigenvalue weighted by atomic mass is 16.5. The van der Waals surface area contributed by atoms with E-state index in [0.29, 0.717) is 0 Å². The van der Waals surface area contributed by atoms with Gasteiger partial charge in [-0.15, -0.1) is 0 Å². The molecular weight excluding hydrogens is 308 g/mol. The van der Waals surface area contributed by atoms with E-state index in [0.717, 1.165) is 25.7 Å². The third kappa shape index (κ3) is 5.83. The van der Waals surface area contributed by atoms with Gasteiger partial charge in [0.1, 0.15) is 6.61 Å². The van der Waals surface area contributed by atoms with Crippen LogP contribution in [0.15, 0.2) is 0 Å². The van der Waals surface area contributed by atoms with Gasteiger partial charge in [0.05, 0.1) is 20.2 Å². The number of aliphatic hydroxyl groups is 1. The van der Waals surface area contributed by atoms with Crippen LogP contribution in [-0.4, -0.2) is 77.6 Å². The highest BCUT2D eigenvalue weighted by Gasteiger charge is 2.37. The lowest BCUT2D eigenvalue weighted by molar-refractivity contribution is -0.144. The Morgan fingerprint density at radius 2 is 1.46 bits per heavy atom. The minimum absolute atomic E-state index is 0.155. The number of esters is 1. The van der Waals surface area contributed by atoms with Crippen LogP contribution in [0.5, 0.6) is 0 Å². The molecule has 0 saturated heterocycles. The maximum atomic E-state index is 11.8. The summed E-state index contributed by atoms with van der Waals surface area (Å²) in [6.07, 6.45) is 4.27. The average Bonchev–Trinajstić information content (AvgIpc) is 2.56. The summed E-state index contributed by atoms with van der Waals surface area (Å²) in [6.45, 7) is 8.46.